The Labute approximate surface area is 133 Å². The average molecular weight is 368 g/mol. The highest BCUT2D eigenvalue weighted by Gasteiger charge is 2.34. The first-order valence-electron chi connectivity index (χ1n) is 4.97. The lowest BCUT2D eigenvalue weighted by atomic mass is 10.2. The first-order valence-corrected chi connectivity index (χ1v) is 8.75. The second-order valence-corrected chi connectivity index (χ2v) is 8.62. The van der Waals surface area contributed by atoms with Crippen LogP contribution in [0.1, 0.15) is 19.0 Å². The van der Waals surface area contributed by atoms with E-state index < -0.39 is 8.50 Å². The first kappa shape index (κ1) is 16.8. The van der Waals surface area contributed by atoms with Crippen molar-refractivity contribution in [3.05, 3.63) is 22.1 Å². The van der Waals surface area contributed by atoms with Gasteiger partial charge in [-0.15, -0.1) is 23.2 Å². The van der Waals surface area contributed by atoms with Crippen LogP contribution in [0, 0.1) is 0 Å². The molecule has 0 aliphatic heterocycles. The summed E-state index contributed by atoms with van der Waals surface area (Å²) in [6.07, 6.45) is 1.65. The molecule has 0 spiro atoms. The Kier molecular flexibility index (Phi) is 7.00. The number of nitrogens with zero attached hydrogens (tertiary/aromatic N) is 1. The van der Waals surface area contributed by atoms with Crippen molar-refractivity contribution >= 4 is 68.0 Å². The van der Waals surface area contributed by atoms with Crippen LogP contribution < -0.4 is 5.56 Å². The highest BCUT2D eigenvalue weighted by atomic mass is 35.5. The van der Waals surface area contributed by atoms with Gasteiger partial charge in [0, 0.05) is 11.8 Å². The molecule has 0 amide bonds. The van der Waals surface area contributed by atoms with Gasteiger partial charge in [-0.2, -0.15) is 0 Å². The lowest BCUT2D eigenvalue weighted by Gasteiger charge is -2.18. The van der Waals surface area contributed by atoms with Crippen molar-refractivity contribution in [3.63, 3.8) is 0 Å². The molecule has 3 nitrogen and oxygen atoms in total. The number of aryl methyl sites for hydroxylation is 1. The van der Waals surface area contributed by atoms with Gasteiger partial charge in [-0.25, -0.2) is 4.98 Å². The van der Waals surface area contributed by atoms with E-state index in [1.807, 2.05) is 6.92 Å². The molecule has 0 atom stereocenters. The Morgan fingerprint density at radius 1 is 1.50 bits per heavy atom. The van der Waals surface area contributed by atoms with Crippen LogP contribution in [-0.4, -0.2) is 18.5 Å². The van der Waals surface area contributed by atoms with Crippen molar-refractivity contribution in [1.82, 2.24) is 9.97 Å². The lowest BCUT2D eigenvalue weighted by molar-refractivity contribution is 0.818. The van der Waals surface area contributed by atoms with E-state index in [-0.39, 0.29) is 5.56 Å². The molecular formula is C9H10Cl4N2OS2. The summed E-state index contributed by atoms with van der Waals surface area (Å²) in [5.74, 6) is 0. The third-order valence-corrected chi connectivity index (χ3v) is 6.98. The van der Waals surface area contributed by atoms with Gasteiger partial charge in [-0.05, 0) is 28.0 Å². The number of aromatic amines is 1. The molecule has 1 rings (SSSR count). The Balaban J connectivity index is 2.76. The summed E-state index contributed by atoms with van der Waals surface area (Å²) in [7, 11) is 2.15. The van der Waals surface area contributed by atoms with Crippen LogP contribution in [0.25, 0.3) is 0 Å². The summed E-state index contributed by atoms with van der Waals surface area (Å²) in [4.78, 5) is 17.3. The molecule has 1 aromatic rings. The van der Waals surface area contributed by atoms with E-state index in [2.05, 4.69) is 9.97 Å². The highest BCUT2D eigenvalue weighted by Crippen LogP contribution is 2.50. The van der Waals surface area contributed by atoms with E-state index >= 15 is 0 Å². The van der Waals surface area contributed by atoms with Crippen LogP contribution in [0.3, 0.4) is 0 Å². The summed E-state index contributed by atoms with van der Waals surface area (Å²) in [6, 6.07) is 1.47. The zero-order chi connectivity index (χ0) is 13.8. The van der Waals surface area contributed by atoms with E-state index in [0.29, 0.717) is 5.16 Å². The Bertz CT molecular complexity index is 452. The predicted octanol–water partition coefficient (Wildman–Crippen LogP) is 4.40. The Hall–Kier alpha value is 0.740. The van der Waals surface area contributed by atoms with Crippen molar-refractivity contribution < 1.29 is 0 Å². The lowest BCUT2D eigenvalue weighted by Crippen LogP contribution is -2.16. The molecule has 1 heterocycles. The first-order chi connectivity index (χ1) is 8.35. The van der Waals surface area contributed by atoms with Gasteiger partial charge < -0.3 is 4.98 Å². The molecule has 1 N–H and O–H groups in total. The predicted molar refractivity (Wildman–Crippen MR) is 82.2 cm³/mol. The smallest absolute Gasteiger partial charge is 0.251 e. The fraction of sp³-hybridized carbons (Fsp3) is 0.556. The number of halogens is 4. The average Bonchev–Trinajstić information content (AvgIpc) is 2.26. The van der Waals surface area contributed by atoms with Gasteiger partial charge in [0.2, 0.25) is 3.67 Å². The van der Waals surface area contributed by atoms with Crippen molar-refractivity contribution in [2.45, 2.75) is 33.4 Å². The van der Waals surface area contributed by atoms with E-state index in [0.717, 1.165) is 40.1 Å². The minimum atomic E-state index is -1.37. The summed E-state index contributed by atoms with van der Waals surface area (Å²) < 4.78 is -1.37. The largest absolute Gasteiger partial charge is 0.301 e. The number of hydrogen-bond acceptors (Lipinski definition) is 4. The van der Waals surface area contributed by atoms with Gasteiger partial charge in [-0.3, -0.25) is 4.79 Å². The molecule has 0 aliphatic carbocycles. The van der Waals surface area contributed by atoms with Crippen molar-refractivity contribution in [3.8, 4) is 0 Å². The molecule has 9 heteroatoms. The maximum atomic E-state index is 11.4. The summed E-state index contributed by atoms with van der Waals surface area (Å²) in [5.41, 5.74) is 0.520. The number of nitrogens with one attached hydrogen (secondary N) is 1. The maximum absolute atomic E-state index is 11.4. The minimum absolute atomic E-state index is 0.209. The molecule has 0 aromatic carbocycles. The standard InChI is InChI=1S/C9H10Cl4N2OS2/c1-2-3-5-4-6(16)15-8(14-5)17-18-9(12,13)7(10)11/h4,7H,2-3H2,1H3,(H,14,15,16). The van der Waals surface area contributed by atoms with Crippen LogP contribution >= 0.6 is 68.0 Å². The summed E-state index contributed by atoms with van der Waals surface area (Å²) in [6.45, 7) is 2.01. The van der Waals surface area contributed by atoms with Gasteiger partial charge in [0.15, 0.2) is 9.99 Å². The van der Waals surface area contributed by atoms with E-state index in [1.165, 1.54) is 6.07 Å². The molecule has 0 radical (unpaired) electrons. The van der Waals surface area contributed by atoms with Gasteiger partial charge >= 0.3 is 0 Å². The van der Waals surface area contributed by atoms with Crippen molar-refractivity contribution in [1.29, 1.82) is 0 Å². The summed E-state index contributed by atoms with van der Waals surface area (Å²) in [5, 5.41) is 0.426. The molecule has 1 aromatic heterocycles. The maximum Gasteiger partial charge on any atom is 0.251 e. The number of alkyl halides is 4. The second kappa shape index (κ2) is 7.50. The second-order valence-electron chi connectivity index (χ2n) is 3.32. The van der Waals surface area contributed by atoms with Gasteiger partial charge in [-0.1, -0.05) is 36.5 Å². The molecule has 102 valence electrons. The molecule has 0 saturated heterocycles. The van der Waals surface area contributed by atoms with Crippen molar-refractivity contribution in [2.75, 3.05) is 0 Å². The molecular weight excluding hydrogens is 358 g/mol. The summed E-state index contributed by atoms with van der Waals surface area (Å²) >= 11 is 23.0. The fourth-order valence-electron chi connectivity index (χ4n) is 1.04. The van der Waals surface area contributed by atoms with Gasteiger partial charge in [0.05, 0.1) is 0 Å². The van der Waals surface area contributed by atoms with Crippen LogP contribution in [0.2, 0.25) is 0 Å². The van der Waals surface area contributed by atoms with E-state index in [4.69, 9.17) is 46.4 Å². The molecule has 18 heavy (non-hydrogen) atoms. The molecule has 0 unspecified atom stereocenters. The number of hydrogen-bond donors (Lipinski definition) is 1. The van der Waals surface area contributed by atoms with E-state index in [9.17, 15) is 4.79 Å². The highest BCUT2D eigenvalue weighted by molar-refractivity contribution is 8.77. The molecule has 0 bridgehead atoms. The van der Waals surface area contributed by atoms with Crippen LogP contribution in [0.5, 0.6) is 0 Å². The Morgan fingerprint density at radius 2 is 2.17 bits per heavy atom. The fourth-order valence-corrected chi connectivity index (χ4v) is 3.84. The zero-order valence-electron chi connectivity index (χ0n) is 9.25. The molecule has 0 aliphatic rings. The number of aromatic nitrogens is 2. The third kappa shape index (κ3) is 5.39. The minimum Gasteiger partial charge on any atom is -0.301 e. The third-order valence-electron chi connectivity index (χ3n) is 1.76. The quantitative estimate of drug-likeness (QED) is 0.459. The molecule has 0 fully saturated rings. The SMILES string of the molecule is CCCc1cc(=O)[nH]c(SSC(Cl)(Cl)C(Cl)Cl)n1. The van der Waals surface area contributed by atoms with Gasteiger partial charge in [0.25, 0.3) is 5.56 Å². The van der Waals surface area contributed by atoms with Gasteiger partial charge in [0.1, 0.15) is 0 Å². The Morgan fingerprint density at radius 3 is 2.72 bits per heavy atom. The van der Waals surface area contributed by atoms with Crippen LogP contribution in [-0.2, 0) is 6.42 Å². The zero-order valence-corrected chi connectivity index (χ0v) is 13.9. The van der Waals surface area contributed by atoms with Crippen LogP contribution in [0.15, 0.2) is 16.0 Å². The topological polar surface area (TPSA) is 45.8 Å². The number of H-pyrrole nitrogens is 1. The monoisotopic (exact) mass is 366 g/mol. The van der Waals surface area contributed by atoms with E-state index in [1.54, 1.807) is 0 Å². The number of rotatable bonds is 6. The molecule has 0 saturated carbocycles. The normalized spacial score (nSPS) is 12.1. The van der Waals surface area contributed by atoms with Crippen molar-refractivity contribution in [2.24, 2.45) is 0 Å². The van der Waals surface area contributed by atoms with Crippen LogP contribution in [0.4, 0.5) is 0 Å².